The molecule has 2 aliphatic rings. The van der Waals surface area contributed by atoms with Crippen molar-refractivity contribution >= 4 is 87.5 Å². The molecule has 0 amide bonds. The number of furan rings is 2. The zero-order valence-corrected chi connectivity index (χ0v) is 32.6. The quantitative estimate of drug-likeness (QED) is 0.179. The average Bonchev–Trinajstić information content (AvgIpc) is 4.04. The molecule has 0 radical (unpaired) electrons. The minimum Gasteiger partial charge on any atom is -0.454 e. The maximum absolute atomic E-state index is 7.60. The molecule has 7 aromatic carbocycles. The van der Waals surface area contributed by atoms with Crippen molar-refractivity contribution in [3.8, 4) is 11.4 Å². The van der Waals surface area contributed by atoms with Gasteiger partial charge < -0.3 is 18.0 Å². The maximum Gasteiger partial charge on any atom is 0.159 e. The van der Waals surface area contributed by atoms with E-state index in [9.17, 15) is 0 Å². The third-order valence-electron chi connectivity index (χ3n) is 14.1. The Morgan fingerprint density at radius 3 is 1.02 bits per heavy atom. The Balaban J connectivity index is 1.19. The average molecular weight is 753 g/mol. The molecule has 13 rings (SSSR count). The predicted molar refractivity (Wildman–Crippen MR) is 241 cm³/mol. The van der Waals surface area contributed by atoms with E-state index in [-0.39, 0.29) is 0 Å². The molecule has 4 nitrogen and oxygen atoms in total. The fourth-order valence-electron chi connectivity index (χ4n) is 11.6. The molecule has 0 saturated heterocycles. The van der Waals surface area contributed by atoms with Crippen molar-refractivity contribution in [1.29, 1.82) is 0 Å². The van der Waals surface area contributed by atoms with Crippen molar-refractivity contribution in [2.45, 2.75) is 76.0 Å². The van der Waals surface area contributed by atoms with Crippen molar-refractivity contribution in [3.05, 3.63) is 145 Å². The number of hydrogen-bond donors (Lipinski definition) is 0. The van der Waals surface area contributed by atoms with Crippen molar-refractivity contribution in [2.24, 2.45) is 0 Å². The van der Waals surface area contributed by atoms with Gasteiger partial charge in [0.15, 0.2) is 11.2 Å². The first-order valence-electron chi connectivity index (χ1n) is 21.7. The highest BCUT2D eigenvalue weighted by Crippen LogP contribution is 2.53. The number of fused-ring (bicyclic) bond motifs is 12. The lowest BCUT2D eigenvalue weighted by Crippen LogP contribution is -2.09. The van der Waals surface area contributed by atoms with Gasteiger partial charge in [0.05, 0.1) is 33.4 Å². The van der Waals surface area contributed by atoms with Gasteiger partial charge in [0.25, 0.3) is 0 Å². The van der Waals surface area contributed by atoms with Gasteiger partial charge in [-0.1, -0.05) is 136 Å². The van der Waals surface area contributed by atoms with Gasteiger partial charge in [-0.25, -0.2) is 0 Å². The molecule has 4 aromatic heterocycles. The summed E-state index contributed by atoms with van der Waals surface area (Å²) in [5.41, 5.74) is 13.9. The van der Waals surface area contributed by atoms with Crippen LogP contribution >= 0.6 is 0 Å². The molecule has 2 saturated carbocycles. The third-order valence-corrected chi connectivity index (χ3v) is 14.1. The summed E-state index contributed by atoms with van der Waals surface area (Å²) in [6, 6.07) is 49.0. The van der Waals surface area contributed by atoms with Gasteiger partial charge in [-0.15, -0.1) is 0 Å². The molecule has 0 aliphatic heterocycles. The van der Waals surface area contributed by atoms with Gasteiger partial charge in [-0.05, 0) is 73.9 Å². The van der Waals surface area contributed by atoms with E-state index in [1.54, 1.807) is 0 Å². The summed E-state index contributed by atoms with van der Waals surface area (Å²) in [6.45, 7) is 0. The third kappa shape index (κ3) is 4.52. The van der Waals surface area contributed by atoms with Crippen LogP contribution in [0.2, 0.25) is 0 Å². The van der Waals surface area contributed by atoms with E-state index in [0.717, 1.165) is 33.7 Å². The summed E-state index contributed by atoms with van der Waals surface area (Å²) >= 11 is 0. The molecule has 4 heteroatoms. The van der Waals surface area contributed by atoms with E-state index >= 15 is 0 Å². The summed E-state index contributed by atoms with van der Waals surface area (Å²) in [7, 11) is 0. The molecule has 2 aliphatic carbocycles. The van der Waals surface area contributed by atoms with Crippen molar-refractivity contribution < 1.29 is 8.83 Å². The second kappa shape index (κ2) is 12.6. The van der Waals surface area contributed by atoms with Crippen molar-refractivity contribution in [1.82, 2.24) is 9.13 Å². The van der Waals surface area contributed by atoms with Crippen molar-refractivity contribution in [2.75, 3.05) is 0 Å². The van der Waals surface area contributed by atoms with Crippen LogP contribution in [0.15, 0.2) is 142 Å². The number of rotatable bonds is 4. The van der Waals surface area contributed by atoms with E-state index < -0.39 is 0 Å². The van der Waals surface area contributed by atoms with Crippen LogP contribution in [0.5, 0.6) is 0 Å². The monoisotopic (exact) mass is 752 g/mol. The number of aromatic nitrogens is 2. The highest BCUT2D eigenvalue weighted by atomic mass is 16.3. The van der Waals surface area contributed by atoms with Gasteiger partial charge in [-0.2, -0.15) is 0 Å². The summed E-state index contributed by atoms with van der Waals surface area (Å²) in [6.07, 6.45) is 12.2. The number of para-hydroxylation sites is 6. The lowest BCUT2D eigenvalue weighted by Gasteiger charge is -2.26. The van der Waals surface area contributed by atoms with Crippen LogP contribution in [0, 0.1) is 0 Å². The maximum atomic E-state index is 7.60. The summed E-state index contributed by atoms with van der Waals surface area (Å²) in [5, 5.41) is 10.0. The lowest BCUT2D eigenvalue weighted by molar-refractivity contribution is 0.440. The van der Waals surface area contributed by atoms with Crippen LogP contribution in [0.25, 0.3) is 98.9 Å². The standard InChI is InChI=1S/C54H44N2O2/c1-3-17-33(18-4-1)47-49-39-25-15-31-45(55-41-27-11-7-21-35(41)36-22-8-12-28-42(36)55)51(39)58-54(49)48(34-19-5-2-6-20-34)50-40-26-16-32-46(52(40)57-53(47)50)56-43-29-13-9-23-37(43)38-24-10-14-30-44(38)56/h7-16,21-34H,1-6,17-20H2. The smallest absolute Gasteiger partial charge is 0.159 e. The molecule has 0 unspecified atom stereocenters. The van der Waals surface area contributed by atoms with Gasteiger partial charge in [0.1, 0.15) is 11.2 Å². The Morgan fingerprint density at radius 1 is 0.328 bits per heavy atom. The highest BCUT2D eigenvalue weighted by Gasteiger charge is 2.34. The number of benzene rings is 7. The molecule has 0 atom stereocenters. The minimum absolute atomic E-state index is 0.397. The van der Waals surface area contributed by atoms with Gasteiger partial charge in [0, 0.05) is 54.2 Å². The van der Waals surface area contributed by atoms with Gasteiger partial charge in [0.2, 0.25) is 0 Å². The van der Waals surface area contributed by atoms with Crippen LogP contribution in [-0.2, 0) is 0 Å². The zero-order chi connectivity index (χ0) is 37.9. The molecule has 282 valence electrons. The van der Waals surface area contributed by atoms with E-state index in [0.29, 0.717) is 11.8 Å². The SMILES string of the molecule is c1cc(-n2c3ccccc3c3ccccc32)c2oc3c(C4CCCCC4)c4c(oc5c(-n6c7ccccc7c7ccccc76)cccc54)c(C4CCCCC4)c3c2c1. The Morgan fingerprint density at radius 2 is 0.655 bits per heavy atom. The topological polar surface area (TPSA) is 36.1 Å². The molecular weight excluding hydrogens is 709 g/mol. The first-order chi connectivity index (χ1) is 28.8. The Kier molecular flexibility index (Phi) is 7.13. The van der Waals surface area contributed by atoms with E-state index in [1.165, 1.54) is 140 Å². The molecule has 58 heavy (non-hydrogen) atoms. The lowest BCUT2D eigenvalue weighted by atomic mass is 9.77. The first kappa shape index (κ1) is 32.8. The first-order valence-corrected chi connectivity index (χ1v) is 21.7. The van der Waals surface area contributed by atoms with Crippen LogP contribution < -0.4 is 0 Å². The minimum atomic E-state index is 0.397. The molecule has 11 aromatic rings. The second-order valence-corrected chi connectivity index (χ2v) is 17.2. The Bertz CT molecular complexity index is 3090. The Labute approximate surface area is 336 Å². The van der Waals surface area contributed by atoms with Gasteiger partial charge in [-0.3, -0.25) is 0 Å². The van der Waals surface area contributed by atoms with E-state index in [1.807, 2.05) is 0 Å². The fourth-order valence-corrected chi connectivity index (χ4v) is 11.6. The summed E-state index contributed by atoms with van der Waals surface area (Å²) < 4.78 is 20.1. The van der Waals surface area contributed by atoms with E-state index in [4.69, 9.17) is 8.83 Å². The summed E-state index contributed by atoms with van der Waals surface area (Å²) in [4.78, 5) is 0. The van der Waals surface area contributed by atoms with Crippen LogP contribution in [-0.4, -0.2) is 9.13 Å². The van der Waals surface area contributed by atoms with Crippen molar-refractivity contribution in [3.63, 3.8) is 0 Å². The molecule has 0 bridgehead atoms. The molecule has 4 heterocycles. The van der Waals surface area contributed by atoms with Crippen LogP contribution in [0.3, 0.4) is 0 Å². The van der Waals surface area contributed by atoms with Crippen LogP contribution in [0.4, 0.5) is 0 Å². The highest BCUT2D eigenvalue weighted by molar-refractivity contribution is 6.22. The predicted octanol–water partition coefficient (Wildman–Crippen LogP) is 15.8. The number of hydrogen-bond acceptors (Lipinski definition) is 2. The van der Waals surface area contributed by atoms with E-state index in [2.05, 4.69) is 143 Å². The number of nitrogens with zero attached hydrogens (tertiary/aromatic N) is 2. The fraction of sp³-hybridized carbons (Fsp3) is 0.222. The zero-order valence-electron chi connectivity index (χ0n) is 32.6. The second-order valence-electron chi connectivity index (χ2n) is 17.2. The molecule has 0 spiro atoms. The largest absolute Gasteiger partial charge is 0.454 e. The molecular formula is C54H44N2O2. The molecule has 2 fully saturated rings. The Hall–Kier alpha value is -6.26. The normalized spacial score (nSPS) is 16.1. The van der Waals surface area contributed by atoms with Gasteiger partial charge >= 0.3 is 0 Å². The molecule has 0 N–H and O–H groups in total. The summed E-state index contributed by atoms with van der Waals surface area (Å²) in [5.74, 6) is 0.795. The van der Waals surface area contributed by atoms with Crippen LogP contribution in [0.1, 0.15) is 87.2 Å².